The quantitative estimate of drug-likeness (QED) is 0.869. The van der Waals surface area contributed by atoms with Gasteiger partial charge in [-0.2, -0.15) is 0 Å². The van der Waals surface area contributed by atoms with Gasteiger partial charge in [-0.05, 0) is 47.4 Å². The largest absolute Gasteiger partial charge is 0.478 e. The van der Waals surface area contributed by atoms with E-state index >= 15 is 0 Å². The van der Waals surface area contributed by atoms with Crippen LogP contribution < -0.4 is 10.2 Å². The SMILES string of the molecule is CB1OCc2cc(Oc3ccc(C(=O)O)cc3)ccc21. The first-order valence-electron chi connectivity index (χ1n) is 6.39. The van der Waals surface area contributed by atoms with Crippen molar-refractivity contribution in [3.8, 4) is 11.5 Å². The van der Waals surface area contributed by atoms with Gasteiger partial charge < -0.3 is 14.5 Å². The smallest absolute Gasteiger partial charge is 0.335 e. The van der Waals surface area contributed by atoms with Gasteiger partial charge in [-0.15, -0.1) is 0 Å². The molecule has 1 aliphatic heterocycles. The van der Waals surface area contributed by atoms with Gasteiger partial charge in [-0.1, -0.05) is 12.9 Å². The highest BCUT2D eigenvalue weighted by Crippen LogP contribution is 2.24. The molecule has 1 aliphatic rings. The summed E-state index contributed by atoms with van der Waals surface area (Å²) < 4.78 is 11.3. The molecule has 5 heteroatoms. The lowest BCUT2D eigenvalue weighted by Gasteiger charge is -2.07. The summed E-state index contributed by atoms with van der Waals surface area (Å²) in [5.74, 6) is 0.395. The minimum atomic E-state index is -0.944. The van der Waals surface area contributed by atoms with E-state index in [1.54, 1.807) is 12.1 Å². The minimum absolute atomic E-state index is 0.133. The zero-order chi connectivity index (χ0) is 14.1. The topological polar surface area (TPSA) is 55.8 Å². The number of aromatic carboxylic acids is 1. The summed E-state index contributed by atoms with van der Waals surface area (Å²) in [6.07, 6.45) is 0. The Balaban J connectivity index is 1.79. The summed E-state index contributed by atoms with van der Waals surface area (Å²) in [5.41, 5.74) is 2.57. The molecule has 20 heavy (non-hydrogen) atoms. The number of hydrogen-bond acceptors (Lipinski definition) is 3. The first kappa shape index (κ1) is 12.8. The van der Waals surface area contributed by atoms with Crippen molar-refractivity contribution in [1.82, 2.24) is 0 Å². The van der Waals surface area contributed by atoms with Gasteiger partial charge in [0.1, 0.15) is 11.5 Å². The van der Waals surface area contributed by atoms with Gasteiger partial charge in [0.25, 0.3) is 0 Å². The van der Waals surface area contributed by atoms with Crippen LogP contribution in [0.2, 0.25) is 6.82 Å². The maximum Gasteiger partial charge on any atom is 0.335 e. The van der Waals surface area contributed by atoms with Crippen molar-refractivity contribution in [2.24, 2.45) is 0 Å². The molecule has 0 radical (unpaired) electrons. The predicted octanol–water partition coefficient (Wildman–Crippen LogP) is 2.54. The third-order valence-corrected chi connectivity index (χ3v) is 3.38. The monoisotopic (exact) mass is 268 g/mol. The average molecular weight is 268 g/mol. The molecule has 3 rings (SSSR count). The molecule has 1 N–H and O–H groups in total. The van der Waals surface area contributed by atoms with Crippen LogP contribution in [0.15, 0.2) is 42.5 Å². The molecule has 2 aromatic rings. The predicted molar refractivity (Wildman–Crippen MR) is 76.0 cm³/mol. The number of fused-ring (bicyclic) bond motifs is 1. The van der Waals surface area contributed by atoms with Crippen molar-refractivity contribution < 1.29 is 19.3 Å². The number of carboxylic acid groups (broad SMARTS) is 1. The summed E-state index contributed by atoms with van der Waals surface area (Å²) in [7, 11) is 0. The average Bonchev–Trinajstić information content (AvgIpc) is 2.81. The Morgan fingerprint density at radius 3 is 2.60 bits per heavy atom. The Morgan fingerprint density at radius 2 is 1.90 bits per heavy atom. The molecule has 0 saturated heterocycles. The highest BCUT2D eigenvalue weighted by atomic mass is 16.5. The Hall–Kier alpha value is -2.27. The molecule has 0 bridgehead atoms. The second-order valence-electron chi connectivity index (χ2n) is 4.75. The molecule has 100 valence electrons. The fourth-order valence-electron chi connectivity index (χ4n) is 2.27. The van der Waals surface area contributed by atoms with E-state index in [1.807, 2.05) is 25.0 Å². The zero-order valence-corrected chi connectivity index (χ0v) is 11.0. The second kappa shape index (κ2) is 5.02. The van der Waals surface area contributed by atoms with E-state index < -0.39 is 5.97 Å². The number of hydrogen-bond donors (Lipinski definition) is 1. The van der Waals surface area contributed by atoms with E-state index in [2.05, 4.69) is 0 Å². The molecule has 2 aromatic carbocycles. The zero-order valence-electron chi connectivity index (χ0n) is 11.0. The maximum absolute atomic E-state index is 10.8. The molecular weight excluding hydrogens is 255 g/mol. The van der Waals surface area contributed by atoms with E-state index in [4.69, 9.17) is 14.5 Å². The molecule has 0 spiro atoms. The number of ether oxygens (including phenoxy) is 1. The fraction of sp³-hybridized carbons (Fsp3) is 0.133. The van der Waals surface area contributed by atoms with Gasteiger partial charge in [-0.3, -0.25) is 0 Å². The van der Waals surface area contributed by atoms with E-state index in [-0.39, 0.29) is 12.5 Å². The molecule has 0 saturated carbocycles. The van der Waals surface area contributed by atoms with E-state index in [9.17, 15) is 4.79 Å². The van der Waals surface area contributed by atoms with Crippen molar-refractivity contribution in [3.05, 3.63) is 53.6 Å². The standard InChI is InChI=1S/C15H13BO4/c1-16-14-7-6-13(8-11(14)9-19-16)20-12-4-2-10(3-5-12)15(17)18/h2-8H,9H2,1H3,(H,17,18). The lowest BCUT2D eigenvalue weighted by molar-refractivity contribution is 0.0697. The first-order chi connectivity index (χ1) is 9.63. The van der Waals surface area contributed by atoms with Crippen LogP contribution in [0.4, 0.5) is 0 Å². The van der Waals surface area contributed by atoms with Crippen LogP contribution in [-0.4, -0.2) is 18.0 Å². The van der Waals surface area contributed by atoms with Crippen molar-refractivity contribution in [2.75, 3.05) is 0 Å². The Kier molecular flexibility index (Phi) is 3.20. The summed E-state index contributed by atoms with van der Waals surface area (Å²) in [6, 6.07) is 12.2. The third-order valence-electron chi connectivity index (χ3n) is 3.38. The van der Waals surface area contributed by atoms with Crippen LogP contribution in [0, 0.1) is 0 Å². The van der Waals surface area contributed by atoms with E-state index in [0.29, 0.717) is 12.4 Å². The van der Waals surface area contributed by atoms with Crippen LogP contribution in [0.5, 0.6) is 11.5 Å². The summed E-state index contributed by atoms with van der Waals surface area (Å²) in [6.45, 7) is 2.76. The van der Waals surface area contributed by atoms with Crippen molar-refractivity contribution in [1.29, 1.82) is 0 Å². The Morgan fingerprint density at radius 1 is 1.20 bits per heavy atom. The second-order valence-corrected chi connectivity index (χ2v) is 4.75. The van der Waals surface area contributed by atoms with E-state index in [0.717, 1.165) is 11.3 Å². The number of carboxylic acids is 1. The van der Waals surface area contributed by atoms with Gasteiger partial charge in [0.2, 0.25) is 0 Å². The molecule has 0 atom stereocenters. The summed E-state index contributed by atoms with van der Waals surface area (Å²) >= 11 is 0. The van der Waals surface area contributed by atoms with Crippen molar-refractivity contribution >= 4 is 18.3 Å². The lowest BCUT2D eigenvalue weighted by atomic mass is 9.64. The highest BCUT2D eigenvalue weighted by molar-refractivity contribution is 6.67. The number of benzene rings is 2. The molecule has 0 fully saturated rings. The molecule has 0 aromatic heterocycles. The van der Waals surface area contributed by atoms with Gasteiger partial charge >= 0.3 is 12.9 Å². The van der Waals surface area contributed by atoms with Gasteiger partial charge in [0.15, 0.2) is 0 Å². The normalized spacial score (nSPS) is 13.2. The number of rotatable bonds is 3. The van der Waals surface area contributed by atoms with Crippen LogP contribution >= 0.6 is 0 Å². The van der Waals surface area contributed by atoms with Gasteiger partial charge in [0, 0.05) is 0 Å². The van der Waals surface area contributed by atoms with Crippen LogP contribution in [-0.2, 0) is 11.3 Å². The van der Waals surface area contributed by atoms with Crippen molar-refractivity contribution in [2.45, 2.75) is 13.4 Å². The van der Waals surface area contributed by atoms with Crippen LogP contribution in [0.3, 0.4) is 0 Å². The molecule has 4 nitrogen and oxygen atoms in total. The van der Waals surface area contributed by atoms with Crippen LogP contribution in [0.25, 0.3) is 0 Å². The molecule has 0 aliphatic carbocycles. The Labute approximate surface area is 117 Å². The van der Waals surface area contributed by atoms with Gasteiger partial charge in [0.05, 0.1) is 12.2 Å². The fourth-order valence-corrected chi connectivity index (χ4v) is 2.27. The Bertz CT molecular complexity index is 651. The first-order valence-corrected chi connectivity index (χ1v) is 6.39. The maximum atomic E-state index is 10.8. The van der Waals surface area contributed by atoms with E-state index in [1.165, 1.54) is 17.6 Å². The minimum Gasteiger partial charge on any atom is -0.478 e. The van der Waals surface area contributed by atoms with Crippen LogP contribution in [0.1, 0.15) is 15.9 Å². The lowest BCUT2D eigenvalue weighted by Crippen LogP contribution is -2.23. The molecular formula is C15H13BO4. The number of carbonyl (C=O) groups is 1. The van der Waals surface area contributed by atoms with Gasteiger partial charge in [-0.25, -0.2) is 4.79 Å². The molecule has 0 unspecified atom stereocenters. The summed E-state index contributed by atoms with van der Waals surface area (Å²) in [5, 5.41) is 8.84. The third kappa shape index (κ3) is 2.40. The highest BCUT2D eigenvalue weighted by Gasteiger charge is 2.23. The summed E-state index contributed by atoms with van der Waals surface area (Å²) in [4.78, 5) is 10.8. The molecule has 1 heterocycles. The molecule has 0 amide bonds. The van der Waals surface area contributed by atoms with Crippen molar-refractivity contribution in [3.63, 3.8) is 0 Å².